The van der Waals surface area contributed by atoms with Crippen molar-refractivity contribution in [2.75, 3.05) is 0 Å². The van der Waals surface area contributed by atoms with Gasteiger partial charge in [-0.25, -0.2) is 4.57 Å². The van der Waals surface area contributed by atoms with E-state index in [2.05, 4.69) is 13.8 Å². The van der Waals surface area contributed by atoms with E-state index < -0.39 is 7.82 Å². The molecular formula is C36H59O4P. The number of para-hydroxylation sites is 2. The lowest BCUT2D eigenvalue weighted by Gasteiger charge is -2.18. The molecule has 0 spiro atoms. The Hall–Kier alpha value is -1.77. The molecule has 0 saturated carbocycles. The van der Waals surface area contributed by atoms with E-state index in [0.717, 1.165) is 36.8 Å². The summed E-state index contributed by atoms with van der Waals surface area (Å²) >= 11 is 0. The van der Waals surface area contributed by atoms with Crippen molar-refractivity contribution < 1.29 is 18.5 Å². The predicted molar refractivity (Wildman–Crippen MR) is 175 cm³/mol. The zero-order valence-electron chi connectivity index (χ0n) is 26.3. The Morgan fingerprint density at radius 1 is 0.488 bits per heavy atom. The van der Waals surface area contributed by atoms with Crippen molar-refractivity contribution >= 4 is 7.82 Å². The van der Waals surface area contributed by atoms with Gasteiger partial charge in [0.05, 0.1) is 0 Å². The topological polar surface area (TPSA) is 55.8 Å². The van der Waals surface area contributed by atoms with Crippen LogP contribution in [-0.2, 0) is 17.4 Å². The van der Waals surface area contributed by atoms with Gasteiger partial charge in [-0.05, 0) is 48.9 Å². The van der Waals surface area contributed by atoms with E-state index in [1.807, 2.05) is 36.4 Å². The molecule has 232 valence electrons. The van der Waals surface area contributed by atoms with E-state index in [4.69, 9.17) is 9.05 Å². The van der Waals surface area contributed by atoms with Crippen LogP contribution in [-0.4, -0.2) is 4.89 Å². The standard InChI is InChI=1S/C36H59O4P/c1-3-5-7-9-11-13-15-17-19-21-27-33-29-23-25-31-35(33)39-41(37,38)40-36-32-26-24-30-34(36)28-22-20-18-16-14-12-10-8-6-4-2/h23-26,29-32H,3-22,27-28H2,1-2H3,(H,37,38). The largest absolute Gasteiger partial charge is 0.584 e. The number of phosphoric ester groups is 1. The molecule has 0 amide bonds. The lowest BCUT2D eigenvalue weighted by Crippen LogP contribution is -2.03. The molecule has 0 aliphatic heterocycles. The summed E-state index contributed by atoms with van der Waals surface area (Å²) in [7, 11) is -4.32. The van der Waals surface area contributed by atoms with Gasteiger partial charge in [0.15, 0.2) is 0 Å². The van der Waals surface area contributed by atoms with Crippen molar-refractivity contribution in [2.45, 2.75) is 155 Å². The van der Waals surface area contributed by atoms with Gasteiger partial charge in [0.25, 0.3) is 0 Å². The lowest BCUT2D eigenvalue weighted by molar-refractivity contribution is 0.288. The Morgan fingerprint density at radius 2 is 0.780 bits per heavy atom. The number of unbranched alkanes of at least 4 members (excludes halogenated alkanes) is 18. The van der Waals surface area contributed by atoms with Crippen molar-refractivity contribution in [3.8, 4) is 11.5 Å². The SMILES string of the molecule is CCCCCCCCCCCCc1ccccc1OP(=O)(O)Oc1ccccc1CCCCCCCCCCCC. The van der Waals surface area contributed by atoms with E-state index in [0.29, 0.717) is 11.5 Å². The van der Waals surface area contributed by atoms with Crippen LogP contribution in [0.5, 0.6) is 11.5 Å². The molecule has 0 aliphatic carbocycles. The quantitative estimate of drug-likeness (QED) is 0.0880. The second-order valence-electron chi connectivity index (χ2n) is 11.7. The van der Waals surface area contributed by atoms with Crippen LogP contribution in [0.3, 0.4) is 0 Å². The molecule has 41 heavy (non-hydrogen) atoms. The van der Waals surface area contributed by atoms with Crippen molar-refractivity contribution in [3.63, 3.8) is 0 Å². The first-order valence-electron chi connectivity index (χ1n) is 16.9. The minimum absolute atomic E-state index is 0.446. The van der Waals surface area contributed by atoms with Gasteiger partial charge >= 0.3 is 7.82 Å². The van der Waals surface area contributed by atoms with E-state index in [1.165, 1.54) is 116 Å². The first-order chi connectivity index (χ1) is 20.1. The van der Waals surface area contributed by atoms with Crippen LogP contribution >= 0.6 is 7.82 Å². The normalized spacial score (nSPS) is 11.6. The van der Waals surface area contributed by atoms with Crippen LogP contribution in [0.4, 0.5) is 0 Å². The van der Waals surface area contributed by atoms with Crippen LogP contribution in [0, 0.1) is 0 Å². The van der Waals surface area contributed by atoms with E-state index in [1.54, 1.807) is 12.1 Å². The minimum Gasteiger partial charge on any atom is -0.395 e. The fourth-order valence-electron chi connectivity index (χ4n) is 5.47. The van der Waals surface area contributed by atoms with Gasteiger partial charge in [-0.2, -0.15) is 0 Å². The van der Waals surface area contributed by atoms with Crippen LogP contribution in [0.15, 0.2) is 48.5 Å². The maximum absolute atomic E-state index is 13.1. The smallest absolute Gasteiger partial charge is 0.395 e. The summed E-state index contributed by atoms with van der Waals surface area (Å²) in [5, 5.41) is 0. The molecule has 1 N–H and O–H groups in total. The third-order valence-electron chi connectivity index (χ3n) is 7.97. The highest BCUT2D eigenvalue weighted by Gasteiger charge is 2.27. The molecule has 2 aromatic rings. The van der Waals surface area contributed by atoms with Crippen molar-refractivity contribution in [2.24, 2.45) is 0 Å². The van der Waals surface area contributed by atoms with Gasteiger partial charge < -0.3 is 9.05 Å². The van der Waals surface area contributed by atoms with Gasteiger partial charge in [0.2, 0.25) is 0 Å². The molecule has 0 aliphatic rings. The lowest BCUT2D eigenvalue weighted by atomic mass is 10.0. The van der Waals surface area contributed by atoms with Crippen LogP contribution < -0.4 is 9.05 Å². The maximum atomic E-state index is 13.1. The second kappa shape index (κ2) is 22.8. The summed E-state index contributed by atoms with van der Waals surface area (Å²) < 4.78 is 24.3. The van der Waals surface area contributed by atoms with E-state index in [-0.39, 0.29) is 0 Å². The molecule has 0 unspecified atom stereocenters. The fraction of sp³-hybridized carbons (Fsp3) is 0.667. The molecular weight excluding hydrogens is 527 g/mol. The van der Waals surface area contributed by atoms with Gasteiger partial charge in [-0.1, -0.05) is 166 Å². The average Bonchev–Trinajstić information content (AvgIpc) is 2.96. The highest BCUT2D eigenvalue weighted by atomic mass is 31.2. The highest BCUT2D eigenvalue weighted by molar-refractivity contribution is 7.48. The Kier molecular flexibility index (Phi) is 19.7. The van der Waals surface area contributed by atoms with Crippen molar-refractivity contribution in [1.29, 1.82) is 0 Å². The first-order valence-corrected chi connectivity index (χ1v) is 18.4. The molecule has 0 atom stereocenters. The molecule has 2 aromatic carbocycles. The van der Waals surface area contributed by atoms with Crippen LogP contribution in [0.2, 0.25) is 0 Å². The van der Waals surface area contributed by atoms with Crippen molar-refractivity contribution in [3.05, 3.63) is 59.7 Å². The third kappa shape index (κ3) is 17.1. The average molecular weight is 587 g/mol. The Bertz CT molecular complexity index is 887. The molecule has 0 radical (unpaired) electrons. The Balaban J connectivity index is 1.73. The monoisotopic (exact) mass is 586 g/mol. The molecule has 4 nitrogen and oxygen atoms in total. The van der Waals surface area contributed by atoms with E-state index >= 15 is 0 Å². The molecule has 0 aromatic heterocycles. The molecule has 5 heteroatoms. The Labute approximate surface area is 252 Å². The fourth-order valence-corrected chi connectivity index (χ4v) is 6.36. The first kappa shape index (κ1) is 35.4. The van der Waals surface area contributed by atoms with Crippen molar-refractivity contribution in [1.82, 2.24) is 0 Å². The van der Waals surface area contributed by atoms with Gasteiger partial charge in [-0.15, -0.1) is 0 Å². The maximum Gasteiger partial charge on any atom is 0.584 e. The summed E-state index contributed by atoms with van der Waals surface area (Å²) in [6, 6.07) is 15.1. The summed E-state index contributed by atoms with van der Waals surface area (Å²) in [6.45, 7) is 4.52. The molecule has 0 heterocycles. The van der Waals surface area contributed by atoms with Gasteiger partial charge in [0, 0.05) is 0 Å². The molecule has 0 saturated heterocycles. The predicted octanol–water partition coefficient (Wildman–Crippen LogP) is 12.2. The molecule has 0 fully saturated rings. The van der Waals surface area contributed by atoms with Crippen LogP contribution in [0.1, 0.15) is 153 Å². The Morgan fingerprint density at radius 3 is 1.12 bits per heavy atom. The number of rotatable bonds is 26. The summed E-state index contributed by atoms with van der Waals surface area (Å²) in [6.07, 6.45) is 27.3. The highest BCUT2D eigenvalue weighted by Crippen LogP contribution is 2.46. The number of hydrogen-bond donors (Lipinski definition) is 1. The molecule has 2 rings (SSSR count). The van der Waals surface area contributed by atoms with E-state index in [9.17, 15) is 9.46 Å². The summed E-state index contributed by atoms with van der Waals surface area (Å²) in [4.78, 5) is 10.7. The number of aryl methyl sites for hydroxylation is 2. The zero-order chi connectivity index (χ0) is 29.4. The molecule has 0 bridgehead atoms. The zero-order valence-corrected chi connectivity index (χ0v) is 27.2. The minimum atomic E-state index is -4.32. The number of benzene rings is 2. The van der Waals surface area contributed by atoms with Gasteiger partial charge in [-0.3, -0.25) is 4.89 Å². The summed E-state index contributed by atoms with van der Waals surface area (Å²) in [5.41, 5.74) is 1.92. The third-order valence-corrected chi connectivity index (χ3v) is 8.83. The van der Waals surface area contributed by atoms with Gasteiger partial charge in [0.1, 0.15) is 11.5 Å². The number of phosphoric acid groups is 1. The van der Waals surface area contributed by atoms with Crippen LogP contribution in [0.25, 0.3) is 0 Å². The summed E-state index contributed by atoms with van der Waals surface area (Å²) in [5.74, 6) is 0.892. The second-order valence-corrected chi connectivity index (χ2v) is 13.0. The number of hydrogen-bond acceptors (Lipinski definition) is 3.